The van der Waals surface area contributed by atoms with Crippen LogP contribution in [0.5, 0.6) is 0 Å². The molecule has 0 radical (unpaired) electrons. The van der Waals surface area contributed by atoms with Gasteiger partial charge in [0.1, 0.15) is 5.82 Å². The van der Waals surface area contributed by atoms with Crippen LogP contribution in [0.1, 0.15) is 18.7 Å². The summed E-state index contributed by atoms with van der Waals surface area (Å²) in [6, 6.07) is 10.1. The molecule has 2 aromatic carbocycles. The van der Waals surface area contributed by atoms with Crippen LogP contribution in [0.4, 0.5) is 8.78 Å². The lowest BCUT2D eigenvalue weighted by Crippen LogP contribution is -2.42. The minimum Gasteiger partial charge on any atom is -0.349 e. The minimum atomic E-state index is -3.94. The van der Waals surface area contributed by atoms with Gasteiger partial charge in [-0.1, -0.05) is 12.1 Å². The Morgan fingerprint density at radius 1 is 1.13 bits per heavy atom. The number of carbonyl (C=O) groups is 1. The first kappa shape index (κ1) is 20.4. The van der Waals surface area contributed by atoms with E-state index in [2.05, 4.69) is 15.3 Å². The van der Waals surface area contributed by atoms with Gasteiger partial charge in [0.2, 0.25) is 15.9 Å². The molecule has 1 aromatic heterocycles. The number of H-pyrrole nitrogens is 1. The van der Waals surface area contributed by atoms with Crippen molar-refractivity contribution in [2.45, 2.75) is 24.3 Å². The summed E-state index contributed by atoms with van der Waals surface area (Å²) < 4.78 is 53.0. The van der Waals surface area contributed by atoms with E-state index in [-0.39, 0.29) is 36.4 Å². The normalized spacial score (nSPS) is 16.1. The van der Waals surface area contributed by atoms with Gasteiger partial charge in [0.05, 0.1) is 22.5 Å². The van der Waals surface area contributed by atoms with Gasteiger partial charge in [0.25, 0.3) is 0 Å². The molecule has 3 aromatic rings. The number of imidazole rings is 1. The van der Waals surface area contributed by atoms with E-state index in [1.807, 2.05) is 24.3 Å². The third-order valence-corrected chi connectivity index (χ3v) is 7.12. The summed E-state index contributed by atoms with van der Waals surface area (Å²) in [5, 5.41) is 2.84. The zero-order chi connectivity index (χ0) is 21.3. The Labute approximate surface area is 172 Å². The molecule has 2 heterocycles. The molecule has 158 valence electrons. The smallest absolute Gasteiger partial charge is 0.243 e. The van der Waals surface area contributed by atoms with Crippen molar-refractivity contribution in [2.75, 3.05) is 13.1 Å². The monoisotopic (exact) mass is 434 g/mol. The molecule has 0 atom stereocenters. The van der Waals surface area contributed by atoms with Crippen molar-refractivity contribution >= 4 is 27.0 Å². The van der Waals surface area contributed by atoms with Crippen LogP contribution in [0.25, 0.3) is 11.0 Å². The van der Waals surface area contributed by atoms with Gasteiger partial charge >= 0.3 is 0 Å². The van der Waals surface area contributed by atoms with Crippen molar-refractivity contribution in [3.8, 4) is 0 Å². The van der Waals surface area contributed by atoms with Crippen molar-refractivity contribution in [1.29, 1.82) is 0 Å². The van der Waals surface area contributed by atoms with Crippen LogP contribution in [0.2, 0.25) is 0 Å². The number of hydrogen-bond donors (Lipinski definition) is 2. The number of fused-ring (bicyclic) bond motifs is 1. The second kappa shape index (κ2) is 8.11. The molecule has 0 aliphatic carbocycles. The average molecular weight is 434 g/mol. The molecule has 1 fully saturated rings. The highest BCUT2D eigenvalue weighted by Crippen LogP contribution is 2.25. The number of rotatable bonds is 5. The molecular formula is C20H20F2N4O3S. The fourth-order valence-corrected chi connectivity index (χ4v) is 5.03. The quantitative estimate of drug-likeness (QED) is 0.645. The highest BCUT2D eigenvalue weighted by atomic mass is 32.2. The molecule has 4 rings (SSSR count). The van der Waals surface area contributed by atoms with Crippen molar-refractivity contribution in [3.05, 3.63) is 59.9 Å². The first-order chi connectivity index (χ1) is 14.3. The Morgan fingerprint density at radius 3 is 2.57 bits per heavy atom. The van der Waals surface area contributed by atoms with E-state index in [1.165, 1.54) is 4.31 Å². The van der Waals surface area contributed by atoms with Gasteiger partial charge in [0.15, 0.2) is 11.6 Å². The molecule has 1 amide bonds. The van der Waals surface area contributed by atoms with Crippen molar-refractivity contribution in [3.63, 3.8) is 0 Å². The number of sulfonamides is 1. The number of carbonyl (C=O) groups excluding carboxylic acids is 1. The van der Waals surface area contributed by atoms with Crippen molar-refractivity contribution in [2.24, 2.45) is 5.92 Å². The number of piperidine rings is 1. The Balaban J connectivity index is 1.34. The lowest BCUT2D eigenvalue weighted by Gasteiger charge is -2.30. The molecule has 2 N–H and O–H groups in total. The number of benzene rings is 2. The standard InChI is InChI=1S/C20H20F2N4O3S/c21-15-6-5-14(11-16(15)22)30(28,29)26-9-7-13(8-10-26)20(27)23-12-19-24-17-3-1-2-4-18(17)25-19/h1-6,11,13H,7-10,12H2,(H,23,27)(H,24,25). The first-order valence-electron chi connectivity index (χ1n) is 9.51. The molecule has 1 aliphatic heterocycles. The number of aromatic amines is 1. The summed E-state index contributed by atoms with van der Waals surface area (Å²) in [5.74, 6) is -2.17. The van der Waals surface area contributed by atoms with E-state index in [9.17, 15) is 22.0 Å². The molecule has 0 saturated carbocycles. The van der Waals surface area contributed by atoms with E-state index >= 15 is 0 Å². The topological polar surface area (TPSA) is 95.2 Å². The highest BCUT2D eigenvalue weighted by molar-refractivity contribution is 7.89. The van der Waals surface area contributed by atoms with Crippen LogP contribution in [-0.2, 0) is 21.4 Å². The van der Waals surface area contributed by atoms with Crippen LogP contribution >= 0.6 is 0 Å². The maximum absolute atomic E-state index is 13.4. The van der Waals surface area contributed by atoms with Crippen LogP contribution in [-0.4, -0.2) is 41.7 Å². The number of hydrogen-bond acceptors (Lipinski definition) is 4. The number of para-hydroxylation sites is 2. The number of amides is 1. The number of nitrogens with zero attached hydrogens (tertiary/aromatic N) is 2. The van der Waals surface area contributed by atoms with Crippen LogP contribution in [0, 0.1) is 17.6 Å². The highest BCUT2D eigenvalue weighted by Gasteiger charge is 2.32. The van der Waals surface area contributed by atoms with Crippen LogP contribution in [0.15, 0.2) is 47.4 Å². The fraction of sp³-hybridized carbons (Fsp3) is 0.300. The summed E-state index contributed by atoms with van der Waals surface area (Å²) in [7, 11) is -3.94. The Morgan fingerprint density at radius 2 is 1.87 bits per heavy atom. The first-order valence-corrected chi connectivity index (χ1v) is 10.9. The van der Waals surface area contributed by atoms with Crippen LogP contribution in [0.3, 0.4) is 0 Å². The summed E-state index contributed by atoms with van der Waals surface area (Å²) >= 11 is 0. The zero-order valence-corrected chi connectivity index (χ0v) is 16.8. The van der Waals surface area contributed by atoms with Crippen molar-refractivity contribution < 1.29 is 22.0 Å². The third-order valence-electron chi connectivity index (χ3n) is 5.22. The van der Waals surface area contributed by atoms with E-state index in [4.69, 9.17) is 0 Å². The molecule has 0 unspecified atom stereocenters. The number of aromatic nitrogens is 2. The van der Waals surface area contributed by atoms with Gasteiger partial charge in [-0.25, -0.2) is 22.2 Å². The lowest BCUT2D eigenvalue weighted by atomic mass is 9.97. The molecule has 1 saturated heterocycles. The predicted octanol–water partition coefficient (Wildman–Crippen LogP) is 2.56. The summed E-state index contributed by atoms with van der Waals surface area (Å²) in [5.41, 5.74) is 1.70. The Hall–Kier alpha value is -2.85. The van der Waals surface area contributed by atoms with Gasteiger partial charge in [-0.2, -0.15) is 4.31 Å². The van der Waals surface area contributed by atoms with Crippen molar-refractivity contribution in [1.82, 2.24) is 19.6 Å². The summed E-state index contributed by atoms with van der Waals surface area (Å²) in [4.78, 5) is 19.7. The SMILES string of the molecule is O=C(NCc1nc2ccccc2[nH]1)C1CCN(S(=O)(=O)c2ccc(F)c(F)c2)CC1. The number of nitrogens with one attached hydrogen (secondary N) is 2. The van der Waals surface area contributed by atoms with Gasteiger partial charge in [-0.3, -0.25) is 4.79 Å². The van der Waals surface area contributed by atoms with Gasteiger partial charge < -0.3 is 10.3 Å². The van der Waals surface area contributed by atoms with E-state index in [0.29, 0.717) is 24.7 Å². The Bertz CT molecular complexity index is 1150. The van der Waals surface area contributed by atoms with Gasteiger partial charge in [-0.05, 0) is 43.2 Å². The van der Waals surface area contributed by atoms with E-state index in [1.54, 1.807) is 0 Å². The lowest BCUT2D eigenvalue weighted by molar-refractivity contribution is -0.126. The molecule has 7 nitrogen and oxygen atoms in total. The van der Waals surface area contributed by atoms with Gasteiger partial charge in [0, 0.05) is 19.0 Å². The van der Waals surface area contributed by atoms with E-state index < -0.39 is 21.7 Å². The maximum atomic E-state index is 13.4. The molecule has 10 heteroatoms. The maximum Gasteiger partial charge on any atom is 0.243 e. The molecule has 0 spiro atoms. The molecule has 30 heavy (non-hydrogen) atoms. The zero-order valence-electron chi connectivity index (χ0n) is 15.9. The number of halogens is 2. The summed E-state index contributed by atoms with van der Waals surface area (Å²) in [6.07, 6.45) is 0.684. The third kappa shape index (κ3) is 4.05. The largest absolute Gasteiger partial charge is 0.349 e. The minimum absolute atomic E-state index is 0.129. The molecular weight excluding hydrogens is 414 g/mol. The van der Waals surface area contributed by atoms with Crippen LogP contribution < -0.4 is 5.32 Å². The fourth-order valence-electron chi connectivity index (χ4n) is 3.55. The molecule has 0 bridgehead atoms. The molecule has 1 aliphatic rings. The Kier molecular flexibility index (Phi) is 5.52. The van der Waals surface area contributed by atoms with Gasteiger partial charge in [-0.15, -0.1) is 0 Å². The van der Waals surface area contributed by atoms with E-state index in [0.717, 1.165) is 23.2 Å². The second-order valence-corrected chi connectivity index (χ2v) is 9.11. The average Bonchev–Trinajstić information content (AvgIpc) is 3.17. The second-order valence-electron chi connectivity index (χ2n) is 7.17. The predicted molar refractivity (Wildman–Crippen MR) is 106 cm³/mol. The summed E-state index contributed by atoms with van der Waals surface area (Å²) in [6.45, 7) is 0.509.